The third-order valence-corrected chi connectivity index (χ3v) is 6.53. The molecule has 7 heteroatoms. The molecule has 26 heavy (non-hydrogen) atoms. The summed E-state index contributed by atoms with van der Waals surface area (Å²) in [7, 11) is -1.93. The monoisotopic (exact) mass is 371 g/mol. The standard InChI is InChI=1S/C19H21N3O3S/c1-22-12-15(11-20-22)19(14-9-16(23)10-14)21-26(24,25)18-8-4-6-13-5-2-3-7-17(13)18/h2-8,11-12,14,16,19,21,23H,9-10H2,1H3. The summed E-state index contributed by atoms with van der Waals surface area (Å²) in [6.07, 6.45) is 4.30. The van der Waals surface area contributed by atoms with E-state index < -0.39 is 16.1 Å². The highest BCUT2D eigenvalue weighted by Crippen LogP contribution is 2.39. The summed E-state index contributed by atoms with van der Waals surface area (Å²) in [6, 6.07) is 12.3. The Morgan fingerprint density at radius 1 is 1.19 bits per heavy atom. The molecule has 1 aliphatic carbocycles. The van der Waals surface area contributed by atoms with Crippen LogP contribution in [0.3, 0.4) is 0 Å². The van der Waals surface area contributed by atoms with Crippen molar-refractivity contribution in [1.82, 2.24) is 14.5 Å². The van der Waals surface area contributed by atoms with Crippen molar-refractivity contribution in [3.8, 4) is 0 Å². The molecule has 0 radical (unpaired) electrons. The zero-order chi connectivity index (χ0) is 18.3. The minimum atomic E-state index is -3.73. The van der Waals surface area contributed by atoms with Gasteiger partial charge in [0.05, 0.1) is 23.2 Å². The molecule has 0 saturated heterocycles. The van der Waals surface area contributed by atoms with E-state index in [0.717, 1.165) is 10.9 Å². The van der Waals surface area contributed by atoms with Gasteiger partial charge in [-0.3, -0.25) is 4.68 Å². The molecular weight excluding hydrogens is 350 g/mol. The van der Waals surface area contributed by atoms with E-state index in [9.17, 15) is 13.5 Å². The van der Waals surface area contributed by atoms with E-state index in [-0.39, 0.29) is 16.9 Å². The third kappa shape index (κ3) is 3.13. The second kappa shape index (κ2) is 6.50. The Bertz CT molecular complexity index is 1030. The van der Waals surface area contributed by atoms with Crippen molar-refractivity contribution >= 4 is 20.8 Å². The fraction of sp³-hybridized carbons (Fsp3) is 0.316. The largest absolute Gasteiger partial charge is 0.393 e. The molecule has 1 aromatic heterocycles. The summed E-state index contributed by atoms with van der Waals surface area (Å²) in [6.45, 7) is 0. The number of benzene rings is 2. The van der Waals surface area contributed by atoms with E-state index >= 15 is 0 Å². The maximum absolute atomic E-state index is 13.2. The van der Waals surface area contributed by atoms with Gasteiger partial charge in [-0.25, -0.2) is 13.1 Å². The lowest BCUT2D eigenvalue weighted by atomic mass is 9.76. The number of aryl methyl sites for hydroxylation is 1. The van der Waals surface area contributed by atoms with Crippen molar-refractivity contribution in [1.29, 1.82) is 0 Å². The van der Waals surface area contributed by atoms with Crippen LogP contribution in [0, 0.1) is 5.92 Å². The molecule has 2 N–H and O–H groups in total. The van der Waals surface area contributed by atoms with Gasteiger partial charge in [-0.2, -0.15) is 5.10 Å². The van der Waals surface area contributed by atoms with Crippen molar-refractivity contribution in [3.63, 3.8) is 0 Å². The Kier molecular flexibility index (Phi) is 4.30. The van der Waals surface area contributed by atoms with E-state index in [4.69, 9.17) is 0 Å². The van der Waals surface area contributed by atoms with E-state index in [1.54, 1.807) is 30.1 Å². The quantitative estimate of drug-likeness (QED) is 0.721. The Morgan fingerprint density at radius 3 is 2.62 bits per heavy atom. The Morgan fingerprint density at radius 2 is 1.92 bits per heavy atom. The second-order valence-electron chi connectivity index (χ2n) is 6.91. The molecule has 1 aliphatic rings. The van der Waals surface area contributed by atoms with E-state index in [0.29, 0.717) is 18.2 Å². The summed E-state index contributed by atoms with van der Waals surface area (Å²) < 4.78 is 30.8. The smallest absolute Gasteiger partial charge is 0.241 e. The summed E-state index contributed by atoms with van der Waals surface area (Å²) in [5.74, 6) is 0.0546. The lowest BCUT2D eigenvalue weighted by molar-refractivity contribution is 0.0280. The zero-order valence-corrected chi connectivity index (χ0v) is 15.2. The first-order valence-electron chi connectivity index (χ1n) is 8.61. The van der Waals surface area contributed by atoms with Crippen LogP contribution in [0.15, 0.2) is 59.8 Å². The summed E-state index contributed by atoms with van der Waals surface area (Å²) in [4.78, 5) is 0.268. The van der Waals surface area contributed by atoms with Crippen LogP contribution in [0.2, 0.25) is 0 Å². The Balaban J connectivity index is 1.72. The Hall–Kier alpha value is -2.22. The first-order chi connectivity index (χ1) is 12.4. The average molecular weight is 371 g/mol. The molecule has 0 bridgehead atoms. The van der Waals surface area contributed by atoms with Crippen LogP contribution in [-0.4, -0.2) is 29.4 Å². The predicted octanol–water partition coefficient (Wildman–Crippen LogP) is 2.36. The highest BCUT2D eigenvalue weighted by Gasteiger charge is 2.38. The highest BCUT2D eigenvalue weighted by atomic mass is 32.2. The second-order valence-corrected chi connectivity index (χ2v) is 8.59. The normalized spacial score (nSPS) is 21.5. The molecule has 0 aliphatic heterocycles. The minimum Gasteiger partial charge on any atom is -0.393 e. The molecule has 4 rings (SSSR count). The molecule has 1 fully saturated rings. The maximum Gasteiger partial charge on any atom is 0.241 e. The lowest BCUT2D eigenvalue weighted by Gasteiger charge is -2.37. The molecule has 2 aromatic carbocycles. The van der Waals surface area contributed by atoms with Crippen LogP contribution in [0.25, 0.3) is 10.8 Å². The maximum atomic E-state index is 13.2. The molecule has 0 spiro atoms. The lowest BCUT2D eigenvalue weighted by Crippen LogP contribution is -2.41. The van der Waals surface area contributed by atoms with Gasteiger partial charge in [-0.15, -0.1) is 0 Å². The summed E-state index contributed by atoms with van der Waals surface area (Å²) in [5.41, 5.74) is 0.813. The van der Waals surface area contributed by atoms with Crippen LogP contribution < -0.4 is 4.72 Å². The molecule has 1 heterocycles. The number of nitrogens with zero attached hydrogens (tertiary/aromatic N) is 2. The molecule has 1 unspecified atom stereocenters. The third-order valence-electron chi connectivity index (χ3n) is 5.03. The molecule has 1 atom stereocenters. The number of aliphatic hydroxyl groups is 1. The number of aliphatic hydroxyl groups excluding tert-OH is 1. The first kappa shape index (κ1) is 17.2. The van der Waals surface area contributed by atoms with Crippen molar-refractivity contribution in [3.05, 3.63) is 60.4 Å². The van der Waals surface area contributed by atoms with Crippen LogP contribution >= 0.6 is 0 Å². The SMILES string of the molecule is Cn1cc(C(NS(=O)(=O)c2cccc3ccccc23)C2CC(O)C2)cn1. The number of rotatable bonds is 5. The zero-order valence-electron chi connectivity index (χ0n) is 14.4. The number of sulfonamides is 1. The number of nitrogens with one attached hydrogen (secondary N) is 1. The van der Waals surface area contributed by atoms with Crippen molar-refractivity contribution in [2.45, 2.75) is 29.9 Å². The molecule has 1 saturated carbocycles. The molecule has 0 amide bonds. The van der Waals surface area contributed by atoms with Crippen LogP contribution in [0.4, 0.5) is 0 Å². The van der Waals surface area contributed by atoms with Gasteiger partial charge in [0.2, 0.25) is 10.0 Å². The molecule has 6 nitrogen and oxygen atoms in total. The van der Waals surface area contributed by atoms with Crippen LogP contribution in [0.5, 0.6) is 0 Å². The van der Waals surface area contributed by atoms with Gasteiger partial charge in [0.25, 0.3) is 0 Å². The number of fused-ring (bicyclic) bond motifs is 1. The highest BCUT2D eigenvalue weighted by molar-refractivity contribution is 7.89. The van der Waals surface area contributed by atoms with Gasteiger partial charge in [0.1, 0.15) is 0 Å². The van der Waals surface area contributed by atoms with Gasteiger partial charge in [-0.1, -0.05) is 36.4 Å². The summed E-state index contributed by atoms with van der Waals surface area (Å²) in [5, 5.41) is 15.4. The van der Waals surface area contributed by atoms with Gasteiger partial charge in [0.15, 0.2) is 0 Å². The van der Waals surface area contributed by atoms with Crippen LogP contribution in [-0.2, 0) is 17.1 Å². The number of hydrogen-bond acceptors (Lipinski definition) is 4. The van der Waals surface area contributed by atoms with E-state index in [1.807, 2.05) is 36.5 Å². The fourth-order valence-electron chi connectivity index (χ4n) is 3.60. The van der Waals surface area contributed by atoms with E-state index in [1.165, 1.54) is 0 Å². The van der Waals surface area contributed by atoms with Crippen LogP contribution in [0.1, 0.15) is 24.4 Å². The fourth-order valence-corrected chi connectivity index (χ4v) is 5.12. The van der Waals surface area contributed by atoms with Gasteiger partial charge in [0, 0.05) is 24.2 Å². The van der Waals surface area contributed by atoms with Gasteiger partial charge in [-0.05, 0) is 30.2 Å². The first-order valence-corrected chi connectivity index (χ1v) is 10.1. The number of hydrogen-bond donors (Lipinski definition) is 2. The summed E-state index contributed by atoms with van der Waals surface area (Å²) >= 11 is 0. The van der Waals surface area contributed by atoms with Gasteiger partial charge < -0.3 is 5.11 Å². The molecule has 3 aromatic rings. The topological polar surface area (TPSA) is 84.2 Å². The van der Waals surface area contributed by atoms with Crippen molar-refractivity contribution in [2.24, 2.45) is 13.0 Å². The van der Waals surface area contributed by atoms with Gasteiger partial charge >= 0.3 is 0 Å². The average Bonchev–Trinajstić information content (AvgIpc) is 3.03. The minimum absolute atomic E-state index is 0.0546. The predicted molar refractivity (Wildman–Crippen MR) is 98.9 cm³/mol. The van der Waals surface area contributed by atoms with Crippen molar-refractivity contribution < 1.29 is 13.5 Å². The molecule has 136 valence electrons. The van der Waals surface area contributed by atoms with Crippen molar-refractivity contribution in [2.75, 3.05) is 0 Å². The number of aromatic nitrogens is 2. The van der Waals surface area contributed by atoms with E-state index in [2.05, 4.69) is 9.82 Å². The Labute approximate surface area is 152 Å². The molecular formula is C19H21N3O3S.